The summed E-state index contributed by atoms with van der Waals surface area (Å²) < 4.78 is 0. The maximum absolute atomic E-state index is 12.2. The van der Waals surface area contributed by atoms with Crippen LogP contribution in [0.2, 0.25) is 0 Å². The third-order valence-corrected chi connectivity index (χ3v) is 3.72. The van der Waals surface area contributed by atoms with Crippen molar-refractivity contribution in [3.05, 3.63) is 83.9 Å². The van der Waals surface area contributed by atoms with Crippen LogP contribution >= 0.6 is 0 Å². The lowest BCUT2D eigenvalue weighted by Crippen LogP contribution is -2.13. The van der Waals surface area contributed by atoms with Crippen LogP contribution in [0, 0.1) is 0 Å². The van der Waals surface area contributed by atoms with Gasteiger partial charge in [-0.15, -0.1) is 0 Å². The van der Waals surface area contributed by atoms with Gasteiger partial charge in [-0.3, -0.25) is 9.59 Å². The molecule has 0 saturated carbocycles. The molecule has 6 heteroatoms. The minimum atomic E-state index is -0.254. The number of anilines is 4. The van der Waals surface area contributed by atoms with Crippen LogP contribution in [0.5, 0.6) is 0 Å². The third kappa shape index (κ3) is 4.18. The molecule has 0 aliphatic rings. The van der Waals surface area contributed by atoms with E-state index in [0.29, 0.717) is 33.9 Å². The predicted molar refractivity (Wildman–Crippen MR) is 104 cm³/mol. The van der Waals surface area contributed by atoms with Gasteiger partial charge in [-0.05, 0) is 66.7 Å². The van der Waals surface area contributed by atoms with Crippen LogP contribution in [-0.2, 0) is 0 Å². The van der Waals surface area contributed by atoms with E-state index in [4.69, 9.17) is 11.5 Å². The highest BCUT2D eigenvalue weighted by Gasteiger charge is 2.08. The van der Waals surface area contributed by atoms with Crippen LogP contribution in [-0.4, -0.2) is 11.8 Å². The number of carbonyl (C=O) groups is 2. The molecule has 0 saturated heterocycles. The molecule has 3 aromatic rings. The smallest absolute Gasteiger partial charge is 0.255 e. The summed E-state index contributed by atoms with van der Waals surface area (Å²) in [4.78, 5) is 24.4. The average Bonchev–Trinajstić information content (AvgIpc) is 2.64. The fraction of sp³-hybridized carbons (Fsp3) is 0. The Bertz CT molecular complexity index is 935. The monoisotopic (exact) mass is 346 g/mol. The van der Waals surface area contributed by atoms with Gasteiger partial charge in [0.15, 0.2) is 0 Å². The highest BCUT2D eigenvalue weighted by atomic mass is 16.2. The molecular formula is C20H18N4O2. The molecule has 0 fully saturated rings. The van der Waals surface area contributed by atoms with Crippen molar-refractivity contribution in [1.82, 2.24) is 0 Å². The zero-order valence-electron chi connectivity index (χ0n) is 13.9. The van der Waals surface area contributed by atoms with E-state index in [9.17, 15) is 9.59 Å². The molecule has 130 valence electrons. The molecule has 6 nitrogen and oxygen atoms in total. The number of carbonyl (C=O) groups excluding carboxylic acids is 2. The number of nitrogen functional groups attached to an aromatic ring is 2. The fourth-order valence-corrected chi connectivity index (χ4v) is 2.36. The van der Waals surface area contributed by atoms with Gasteiger partial charge >= 0.3 is 0 Å². The normalized spacial score (nSPS) is 10.2. The van der Waals surface area contributed by atoms with E-state index in [2.05, 4.69) is 10.6 Å². The van der Waals surface area contributed by atoms with Crippen molar-refractivity contribution in [3.63, 3.8) is 0 Å². The van der Waals surface area contributed by atoms with E-state index in [1.165, 1.54) is 0 Å². The van der Waals surface area contributed by atoms with Crippen molar-refractivity contribution in [2.75, 3.05) is 22.1 Å². The molecule has 2 amide bonds. The van der Waals surface area contributed by atoms with Crippen molar-refractivity contribution < 1.29 is 9.59 Å². The van der Waals surface area contributed by atoms with Gasteiger partial charge in [0.1, 0.15) is 0 Å². The van der Waals surface area contributed by atoms with Gasteiger partial charge in [0.25, 0.3) is 11.8 Å². The van der Waals surface area contributed by atoms with Crippen molar-refractivity contribution in [2.45, 2.75) is 0 Å². The van der Waals surface area contributed by atoms with E-state index in [1.54, 1.807) is 72.8 Å². The van der Waals surface area contributed by atoms with E-state index in [1.807, 2.05) is 0 Å². The molecule has 0 heterocycles. The van der Waals surface area contributed by atoms with Crippen LogP contribution < -0.4 is 22.1 Å². The topological polar surface area (TPSA) is 110 Å². The lowest BCUT2D eigenvalue weighted by Gasteiger charge is -2.08. The Labute approximate surface area is 150 Å². The first-order valence-electron chi connectivity index (χ1n) is 7.95. The summed E-state index contributed by atoms with van der Waals surface area (Å²) in [6, 6.07) is 20.2. The number of rotatable bonds is 4. The Morgan fingerprint density at radius 2 is 1.15 bits per heavy atom. The van der Waals surface area contributed by atoms with Gasteiger partial charge in [0.05, 0.1) is 0 Å². The Morgan fingerprint density at radius 1 is 0.615 bits per heavy atom. The highest BCUT2D eigenvalue weighted by molar-refractivity contribution is 6.06. The maximum atomic E-state index is 12.2. The Kier molecular flexibility index (Phi) is 4.85. The first-order chi connectivity index (χ1) is 12.5. The van der Waals surface area contributed by atoms with E-state index < -0.39 is 0 Å². The van der Waals surface area contributed by atoms with Crippen molar-refractivity contribution >= 4 is 34.6 Å². The number of benzene rings is 3. The molecule has 0 bridgehead atoms. The van der Waals surface area contributed by atoms with Gasteiger partial charge in [-0.2, -0.15) is 0 Å². The minimum absolute atomic E-state index is 0.235. The molecule has 26 heavy (non-hydrogen) atoms. The van der Waals surface area contributed by atoms with Crippen molar-refractivity contribution in [2.24, 2.45) is 0 Å². The van der Waals surface area contributed by atoms with E-state index in [0.717, 1.165) is 0 Å². The third-order valence-electron chi connectivity index (χ3n) is 3.72. The van der Waals surface area contributed by atoms with Gasteiger partial charge in [-0.25, -0.2) is 0 Å². The molecule has 0 atom stereocenters. The molecule has 6 N–H and O–H groups in total. The SMILES string of the molecule is Nc1ccc(C(=O)Nc2ccc(NC(=O)c3cccc(N)c3)cc2)cc1. The van der Waals surface area contributed by atoms with Gasteiger partial charge in [0.2, 0.25) is 0 Å². The van der Waals surface area contributed by atoms with Crippen molar-refractivity contribution in [3.8, 4) is 0 Å². The van der Waals surface area contributed by atoms with Crippen LogP contribution in [0.4, 0.5) is 22.7 Å². The highest BCUT2D eigenvalue weighted by Crippen LogP contribution is 2.17. The number of amides is 2. The quantitative estimate of drug-likeness (QED) is 0.543. The zero-order valence-corrected chi connectivity index (χ0v) is 13.9. The minimum Gasteiger partial charge on any atom is -0.399 e. The fourth-order valence-electron chi connectivity index (χ4n) is 2.36. The average molecular weight is 346 g/mol. The molecule has 3 aromatic carbocycles. The summed E-state index contributed by atoms with van der Waals surface area (Å²) >= 11 is 0. The number of nitrogens with one attached hydrogen (secondary N) is 2. The van der Waals surface area contributed by atoms with E-state index >= 15 is 0 Å². The summed E-state index contributed by atoms with van der Waals surface area (Å²) in [5.74, 6) is -0.488. The van der Waals surface area contributed by atoms with E-state index in [-0.39, 0.29) is 11.8 Å². The van der Waals surface area contributed by atoms with Crippen LogP contribution in [0.25, 0.3) is 0 Å². The molecule has 3 rings (SSSR count). The first-order valence-corrected chi connectivity index (χ1v) is 7.95. The summed E-state index contributed by atoms with van der Waals surface area (Å²) in [6.07, 6.45) is 0. The lowest BCUT2D eigenvalue weighted by atomic mass is 10.1. The van der Waals surface area contributed by atoms with Crippen molar-refractivity contribution in [1.29, 1.82) is 0 Å². The lowest BCUT2D eigenvalue weighted by molar-refractivity contribution is 0.101. The van der Waals surface area contributed by atoms with Crippen LogP contribution in [0.3, 0.4) is 0 Å². The number of hydrogen-bond donors (Lipinski definition) is 4. The van der Waals surface area contributed by atoms with Gasteiger partial charge in [-0.1, -0.05) is 6.07 Å². The molecule has 0 spiro atoms. The number of hydrogen-bond acceptors (Lipinski definition) is 4. The molecule has 0 aliphatic carbocycles. The zero-order chi connectivity index (χ0) is 18.5. The molecule has 0 unspecified atom stereocenters. The van der Waals surface area contributed by atoms with Crippen LogP contribution in [0.1, 0.15) is 20.7 Å². The molecule has 0 radical (unpaired) electrons. The Balaban J connectivity index is 1.64. The molecule has 0 aromatic heterocycles. The standard InChI is InChI=1S/C20H18N4O2/c21-15-6-4-13(5-7-15)19(25)23-17-8-10-18(11-9-17)24-20(26)14-2-1-3-16(22)12-14/h1-12H,21-22H2,(H,23,25)(H,24,26). The summed E-state index contributed by atoms with van der Waals surface area (Å²) in [7, 11) is 0. The number of nitrogens with two attached hydrogens (primary N) is 2. The van der Waals surface area contributed by atoms with Crippen LogP contribution in [0.15, 0.2) is 72.8 Å². The second-order valence-electron chi connectivity index (χ2n) is 5.73. The summed E-state index contributed by atoms with van der Waals surface area (Å²) in [6.45, 7) is 0. The predicted octanol–water partition coefficient (Wildman–Crippen LogP) is 3.36. The largest absolute Gasteiger partial charge is 0.399 e. The second-order valence-corrected chi connectivity index (χ2v) is 5.73. The summed E-state index contributed by atoms with van der Waals surface area (Å²) in [5, 5.41) is 5.57. The molecular weight excluding hydrogens is 328 g/mol. The van der Waals surface area contributed by atoms with Gasteiger partial charge < -0.3 is 22.1 Å². The Hall–Kier alpha value is -3.80. The molecule has 0 aliphatic heterocycles. The Morgan fingerprint density at radius 3 is 1.69 bits per heavy atom. The second kappa shape index (κ2) is 7.40. The summed E-state index contributed by atoms with van der Waals surface area (Å²) in [5.41, 5.74) is 14.6. The maximum Gasteiger partial charge on any atom is 0.255 e. The van der Waals surface area contributed by atoms with Gasteiger partial charge in [0, 0.05) is 33.9 Å². The first kappa shape index (κ1) is 17.0.